The summed E-state index contributed by atoms with van der Waals surface area (Å²) in [5.41, 5.74) is 0. The summed E-state index contributed by atoms with van der Waals surface area (Å²) < 4.78 is 0. The molecule has 0 bridgehead atoms. The standard InChI is InChI=1S/C11H24N4S2.2ClH/c1-5-14(6-2)10(12)16-9-17-11(13)15(7-3)8-4;;/h12-13H,5-9H2,1-4H3;2*1H. The molecule has 0 aliphatic rings. The van der Waals surface area contributed by atoms with Crippen LogP contribution in [0, 0.1) is 10.8 Å². The van der Waals surface area contributed by atoms with E-state index in [0.29, 0.717) is 10.3 Å². The molecule has 8 heteroatoms. The fourth-order valence-corrected chi connectivity index (χ4v) is 3.36. The second-order valence-electron chi connectivity index (χ2n) is 3.36. The number of hydrogen-bond acceptors (Lipinski definition) is 4. The number of nitrogens with zero attached hydrogens (tertiary/aromatic N) is 2. The predicted octanol–water partition coefficient (Wildman–Crippen LogP) is 3.81. The fourth-order valence-electron chi connectivity index (χ4n) is 1.35. The summed E-state index contributed by atoms with van der Waals surface area (Å²) >= 11 is 3.01. The molecule has 0 aromatic carbocycles. The topological polar surface area (TPSA) is 54.2 Å². The quantitative estimate of drug-likeness (QED) is 0.435. The molecule has 116 valence electrons. The second kappa shape index (κ2) is 14.6. The van der Waals surface area contributed by atoms with Gasteiger partial charge in [-0.2, -0.15) is 0 Å². The highest BCUT2D eigenvalue weighted by Crippen LogP contribution is 2.17. The Morgan fingerprint density at radius 2 is 1.00 bits per heavy atom. The van der Waals surface area contributed by atoms with E-state index in [0.717, 1.165) is 31.3 Å². The van der Waals surface area contributed by atoms with Crippen molar-refractivity contribution in [2.75, 3.05) is 31.3 Å². The highest BCUT2D eigenvalue weighted by atomic mass is 35.5. The Labute approximate surface area is 138 Å². The van der Waals surface area contributed by atoms with E-state index < -0.39 is 0 Å². The maximum Gasteiger partial charge on any atom is 0.157 e. The number of hydrogen-bond donors (Lipinski definition) is 2. The van der Waals surface area contributed by atoms with E-state index in [-0.39, 0.29) is 24.8 Å². The average Bonchev–Trinajstić information content (AvgIpc) is 2.32. The van der Waals surface area contributed by atoms with E-state index in [1.807, 2.05) is 9.80 Å². The van der Waals surface area contributed by atoms with Crippen molar-refractivity contribution in [3.8, 4) is 0 Å². The molecule has 0 heterocycles. The number of amidine groups is 2. The van der Waals surface area contributed by atoms with Crippen molar-refractivity contribution >= 4 is 58.7 Å². The first-order valence-corrected chi connectivity index (χ1v) is 8.00. The predicted molar refractivity (Wildman–Crippen MR) is 95.8 cm³/mol. The molecule has 0 spiro atoms. The van der Waals surface area contributed by atoms with Crippen molar-refractivity contribution in [1.29, 1.82) is 10.8 Å². The van der Waals surface area contributed by atoms with Crippen LogP contribution in [0.5, 0.6) is 0 Å². The van der Waals surface area contributed by atoms with Gasteiger partial charge in [0.1, 0.15) is 0 Å². The zero-order valence-corrected chi connectivity index (χ0v) is 15.3. The molecule has 0 rings (SSSR count). The molecule has 0 saturated carbocycles. The zero-order valence-electron chi connectivity index (χ0n) is 12.1. The molecule has 0 aromatic rings. The third-order valence-electron chi connectivity index (χ3n) is 2.49. The number of thioether (sulfide) groups is 2. The van der Waals surface area contributed by atoms with Crippen LogP contribution in [0.3, 0.4) is 0 Å². The fraction of sp³-hybridized carbons (Fsp3) is 0.818. The first kappa shape index (κ1) is 24.3. The lowest BCUT2D eigenvalue weighted by Gasteiger charge is -2.22. The van der Waals surface area contributed by atoms with Gasteiger partial charge in [-0.25, -0.2) is 0 Å². The Hall–Kier alpha value is 0.220. The van der Waals surface area contributed by atoms with E-state index in [4.69, 9.17) is 10.8 Å². The molecule has 0 saturated heterocycles. The zero-order chi connectivity index (χ0) is 13.3. The van der Waals surface area contributed by atoms with Crippen molar-refractivity contribution in [2.45, 2.75) is 27.7 Å². The minimum atomic E-state index is 0. The third-order valence-corrected chi connectivity index (χ3v) is 4.50. The summed E-state index contributed by atoms with van der Waals surface area (Å²) in [5.74, 6) is 0. The molecule has 0 unspecified atom stereocenters. The van der Waals surface area contributed by atoms with E-state index in [1.54, 1.807) is 0 Å². The van der Waals surface area contributed by atoms with Crippen LogP contribution in [0.25, 0.3) is 0 Å². The molecule has 2 N–H and O–H groups in total. The Balaban J connectivity index is -0.00000128. The number of halogens is 2. The monoisotopic (exact) mass is 348 g/mol. The van der Waals surface area contributed by atoms with Gasteiger partial charge in [0.2, 0.25) is 0 Å². The van der Waals surface area contributed by atoms with Gasteiger partial charge in [0, 0.05) is 26.2 Å². The van der Waals surface area contributed by atoms with Crippen LogP contribution in [0.4, 0.5) is 0 Å². The number of rotatable bonds is 6. The van der Waals surface area contributed by atoms with E-state index in [2.05, 4.69) is 27.7 Å². The Morgan fingerprint density at radius 1 is 0.737 bits per heavy atom. The second-order valence-corrected chi connectivity index (χ2v) is 5.65. The van der Waals surface area contributed by atoms with Gasteiger partial charge in [-0.1, -0.05) is 23.5 Å². The van der Waals surface area contributed by atoms with Crippen LogP contribution in [0.15, 0.2) is 0 Å². The summed E-state index contributed by atoms with van der Waals surface area (Å²) in [6.45, 7) is 11.7. The van der Waals surface area contributed by atoms with Crippen LogP contribution in [-0.2, 0) is 0 Å². The lowest BCUT2D eigenvalue weighted by Crippen LogP contribution is -2.29. The highest BCUT2D eigenvalue weighted by molar-refractivity contribution is 8.28. The number of nitrogens with one attached hydrogen (secondary N) is 2. The summed E-state index contributed by atoms with van der Waals surface area (Å²) in [5, 5.41) is 17.7. The van der Waals surface area contributed by atoms with Crippen molar-refractivity contribution in [2.24, 2.45) is 0 Å². The summed E-state index contributed by atoms with van der Waals surface area (Å²) in [6, 6.07) is 0. The van der Waals surface area contributed by atoms with Gasteiger partial charge in [0.25, 0.3) is 0 Å². The van der Waals surface area contributed by atoms with Gasteiger partial charge < -0.3 is 9.80 Å². The molecule has 0 atom stereocenters. The smallest absolute Gasteiger partial charge is 0.157 e. The van der Waals surface area contributed by atoms with Crippen molar-refractivity contribution < 1.29 is 0 Å². The highest BCUT2D eigenvalue weighted by Gasteiger charge is 2.09. The maximum absolute atomic E-state index is 7.88. The van der Waals surface area contributed by atoms with Crippen LogP contribution < -0.4 is 0 Å². The van der Waals surface area contributed by atoms with E-state index in [1.165, 1.54) is 23.5 Å². The minimum Gasteiger partial charge on any atom is -0.352 e. The summed E-state index contributed by atoms with van der Waals surface area (Å²) in [6.07, 6.45) is 0. The van der Waals surface area contributed by atoms with E-state index >= 15 is 0 Å². The molecular formula is C11H26Cl2N4S2. The van der Waals surface area contributed by atoms with Crippen molar-refractivity contribution in [1.82, 2.24) is 9.80 Å². The molecule has 4 nitrogen and oxygen atoms in total. The molecule has 0 amide bonds. The van der Waals surface area contributed by atoms with Crippen LogP contribution in [0.2, 0.25) is 0 Å². The maximum atomic E-state index is 7.88. The van der Waals surface area contributed by atoms with Gasteiger partial charge >= 0.3 is 0 Å². The molecule has 0 aliphatic heterocycles. The molecule has 0 fully saturated rings. The first-order valence-electron chi connectivity index (χ1n) is 6.03. The Kier molecular flexibility index (Phi) is 18.7. The molecule has 0 radical (unpaired) electrons. The average molecular weight is 349 g/mol. The first-order chi connectivity index (χ1) is 8.10. The Morgan fingerprint density at radius 3 is 1.21 bits per heavy atom. The molecule has 0 aromatic heterocycles. The molecule has 19 heavy (non-hydrogen) atoms. The van der Waals surface area contributed by atoms with Gasteiger partial charge in [-0.3, -0.25) is 10.8 Å². The molecular weight excluding hydrogens is 323 g/mol. The Bertz CT molecular complexity index is 223. The van der Waals surface area contributed by atoms with Crippen LogP contribution in [-0.4, -0.2) is 51.4 Å². The largest absolute Gasteiger partial charge is 0.352 e. The van der Waals surface area contributed by atoms with Crippen molar-refractivity contribution in [3.63, 3.8) is 0 Å². The van der Waals surface area contributed by atoms with Gasteiger partial charge in [0.15, 0.2) is 10.3 Å². The van der Waals surface area contributed by atoms with Crippen molar-refractivity contribution in [3.05, 3.63) is 0 Å². The SMILES string of the molecule is CCN(CC)C(=N)SCSC(=N)N(CC)CC.Cl.Cl. The minimum absolute atomic E-state index is 0. The van der Waals surface area contributed by atoms with Gasteiger partial charge in [-0.15, -0.1) is 24.8 Å². The summed E-state index contributed by atoms with van der Waals surface area (Å²) in [4.78, 5) is 4.04. The molecule has 0 aliphatic carbocycles. The lowest BCUT2D eigenvalue weighted by atomic mass is 10.6. The lowest BCUT2D eigenvalue weighted by molar-refractivity contribution is 0.472. The van der Waals surface area contributed by atoms with E-state index in [9.17, 15) is 0 Å². The normalized spacial score (nSPS) is 9.05. The van der Waals surface area contributed by atoms with Crippen LogP contribution >= 0.6 is 48.3 Å². The summed E-state index contributed by atoms with van der Waals surface area (Å²) in [7, 11) is 0. The van der Waals surface area contributed by atoms with Gasteiger partial charge in [-0.05, 0) is 27.7 Å². The van der Waals surface area contributed by atoms with Gasteiger partial charge in [0.05, 0.1) is 5.08 Å². The van der Waals surface area contributed by atoms with Crippen LogP contribution in [0.1, 0.15) is 27.7 Å². The third kappa shape index (κ3) is 9.71.